The van der Waals surface area contributed by atoms with Gasteiger partial charge in [0.25, 0.3) is 0 Å². The number of hydrogen-bond donors (Lipinski definition) is 3. The van der Waals surface area contributed by atoms with Crippen LogP contribution in [0.4, 0.5) is 0 Å². The highest BCUT2D eigenvalue weighted by atomic mass is 15.4. The van der Waals surface area contributed by atoms with Crippen LogP contribution in [0.5, 0.6) is 0 Å². The number of pyridine rings is 1. The van der Waals surface area contributed by atoms with Crippen LogP contribution >= 0.6 is 0 Å². The summed E-state index contributed by atoms with van der Waals surface area (Å²) in [5.41, 5.74) is 8.34. The second kappa shape index (κ2) is 6.08. The summed E-state index contributed by atoms with van der Waals surface area (Å²) in [6, 6.07) is 11.4. The maximum absolute atomic E-state index is 7.33. The van der Waals surface area contributed by atoms with E-state index in [2.05, 4.69) is 4.98 Å². The van der Waals surface area contributed by atoms with E-state index >= 15 is 0 Å². The molecule has 0 aliphatic carbocycles. The topological polar surface area (TPSA) is 92.0 Å². The fraction of sp³-hybridized carbons (Fsp3) is 0.143. The van der Waals surface area contributed by atoms with Crippen molar-refractivity contribution in [1.29, 1.82) is 5.41 Å². The number of benzene rings is 1. The van der Waals surface area contributed by atoms with Gasteiger partial charge in [0, 0.05) is 31.0 Å². The summed E-state index contributed by atoms with van der Waals surface area (Å²) < 4.78 is 0. The Kier molecular flexibility index (Phi) is 4.22. The van der Waals surface area contributed by atoms with Crippen molar-refractivity contribution in [2.75, 3.05) is 0 Å². The number of hydrazine groups is 1. The lowest BCUT2D eigenvalue weighted by Gasteiger charge is -2.16. The highest BCUT2D eigenvalue weighted by molar-refractivity contribution is 5.94. The Labute approximate surface area is 112 Å². The van der Waals surface area contributed by atoms with E-state index in [1.54, 1.807) is 17.4 Å². The second-order valence-corrected chi connectivity index (χ2v) is 4.37. The molecule has 0 aliphatic rings. The van der Waals surface area contributed by atoms with E-state index in [0.717, 1.165) is 16.7 Å². The molecule has 1 heterocycles. The molecule has 98 valence electrons. The van der Waals surface area contributed by atoms with E-state index in [0.29, 0.717) is 13.1 Å². The highest BCUT2D eigenvalue weighted by Crippen LogP contribution is 2.08. The first kappa shape index (κ1) is 13.2. The van der Waals surface area contributed by atoms with Gasteiger partial charge in [-0.3, -0.25) is 16.2 Å². The molecule has 0 saturated heterocycles. The Morgan fingerprint density at radius 2 is 1.53 bits per heavy atom. The number of hydrogen-bond acceptors (Lipinski definition) is 4. The molecule has 0 bridgehead atoms. The zero-order valence-corrected chi connectivity index (χ0v) is 10.6. The first-order valence-electron chi connectivity index (χ1n) is 5.97. The quantitative estimate of drug-likeness (QED) is 0.324. The number of aromatic nitrogens is 1. The molecule has 0 fully saturated rings. The lowest BCUT2D eigenvalue weighted by molar-refractivity contribution is 0.266. The molecule has 2 rings (SSSR count). The van der Waals surface area contributed by atoms with Crippen molar-refractivity contribution >= 4 is 5.84 Å². The number of nitrogens with one attached hydrogen (secondary N) is 1. The number of nitrogens with zero attached hydrogens (tertiary/aromatic N) is 2. The molecule has 0 amide bonds. The molecule has 1 aromatic heterocycles. The molecule has 0 saturated carbocycles. The van der Waals surface area contributed by atoms with Crippen molar-refractivity contribution in [3.63, 3.8) is 0 Å². The molecule has 19 heavy (non-hydrogen) atoms. The van der Waals surface area contributed by atoms with E-state index in [9.17, 15) is 0 Å². The third-order valence-electron chi connectivity index (χ3n) is 2.79. The average molecular weight is 255 g/mol. The van der Waals surface area contributed by atoms with Crippen LogP contribution in [0.25, 0.3) is 0 Å². The summed E-state index contributed by atoms with van der Waals surface area (Å²) in [6.45, 7) is 1.30. The SMILES string of the molecule is N=C(N)c1ccc(CN(N)Cc2ccncc2)cc1. The summed E-state index contributed by atoms with van der Waals surface area (Å²) in [7, 11) is 0. The molecule has 1 aromatic carbocycles. The third-order valence-corrected chi connectivity index (χ3v) is 2.79. The maximum Gasteiger partial charge on any atom is 0.122 e. The minimum atomic E-state index is 0.0768. The molecule has 0 atom stereocenters. The van der Waals surface area contributed by atoms with Crippen LogP contribution in [-0.4, -0.2) is 15.8 Å². The summed E-state index contributed by atoms with van der Waals surface area (Å²) in [5, 5.41) is 9.07. The van der Waals surface area contributed by atoms with Crippen molar-refractivity contribution in [3.05, 3.63) is 65.5 Å². The maximum atomic E-state index is 7.33. The van der Waals surface area contributed by atoms with Gasteiger partial charge in [-0.05, 0) is 23.3 Å². The Morgan fingerprint density at radius 1 is 1.00 bits per heavy atom. The van der Waals surface area contributed by atoms with Gasteiger partial charge >= 0.3 is 0 Å². The summed E-state index contributed by atoms with van der Waals surface area (Å²) in [6.07, 6.45) is 3.51. The second-order valence-electron chi connectivity index (χ2n) is 4.37. The van der Waals surface area contributed by atoms with E-state index in [4.69, 9.17) is 17.0 Å². The Bertz CT molecular complexity index is 536. The standard InChI is InChI=1S/C14H17N5/c15-14(16)13-3-1-11(2-4-13)9-19(17)10-12-5-7-18-8-6-12/h1-8H,9-10,17H2,(H3,15,16). The van der Waals surface area contributed by atoms with Gasteiger partial charge in [-0.25, -0.2) is 5.01 Å². The normalized spacial score (nSPS) is 10.6. The lowest BCUT2D eigenvalue weighted by Crippen LogP contribution is -2.29. The number of rotatable bonds is 5. The number of nitrogens with two attached hydrogens (primary N) is 2. The lowest BCUT2D eigenvalue weighted by atomic mass is 10.1. The molecule has 0 radical (unpaired) electrons. The van der Waals surface area contributed by atoms with Crippen molar-refractivity contribution in [2.24, 2.45) is 11.6 Å². The van der Waals surface area contributed by atoms with Gasteiger partial charge in [-0.2, -0.15) is 0 Å². The minimum Gasteiger partial charge on any atom is -0.384 e. The predicted octanol–water partition coefficient (Wildman–Crippen LogP) is 1.24. The molecule has 5 heteroatoms. The van der Waals surface area contributed by atoms with E-state index < -0.39 is 0 Å². The Morgan fingerprint density at radius 3 is 2.05 bits per heavy atom. The van der Waals surface area contributed by atoms with Gasteiger partial charge in [-0.15, -0.1) is 0 Å². The van der Waals surface area contributed by atoms with Gasteiger partial charge in [0.05, 0.1) is 0 Å². The van der Waals surface area contributed by atoms with Crippen molar-refractivity contribution in [3.8, 4) is 0 Å². The van der Waals surface area contributed by atoms with Gasteiger partial charge in [0.2, 0.25) is 0 Å². The molecule has 0 unspecified atom stereocenters. The number of nitrogen functional groups attached to an aromatic ring is 1. The van der Waals surface area contributed by atoms with Gasteiger partial charge in [-0.1, -0.05) is 24.3 Å². The predicted molar refractivity (Wildman–Crippen MR) is 75.1 cm³/mol. The third kappa shape index (κ3) is 3.87. The van der Waals surface area contributed by atoms with Crippen LogP contribution in [0.1, 0.15) is 16.7 Å². The van der Waals surface area contributed by atoms with Crippen LogP contribution in [0.15, 0.2) is 48.8 Å². The smallest absolute Gasteiger partial charge is 0.122 e. The molecule has 5 N–H and O–H groups in total. The van der Waals surface area contributed by atoms with Gasteiger partial charge in [0.15, 0.2) is 0 Å². The van der Waals surface area contributed by atoms with Gasteiger partial charge in [0.1, 0.15) is 5.84 Å². The Hall–Kier alpha value is -2.24. The van der Waals surface area contributed by atoms with Crippen LogP contribution in [0, 0.1) is 5.41 Å². The summed E-state index contributed by atoms with van der Waals surface area (Å²) in [4.78, 5) is 3.97. The van der Waals surface area contributed by atoms with Gasteiger partial charge < -0.3 is 5.73 Å². The van der Waals surface area contributed by atoms with E-state index in [1.165, 1.54) is 0 Å². The molecule has 0 aliphatic heterocycles. The summed E-state index contributed by atoms with van der Waals surface area (Å²) >= 11 is 0. The zero-order chi connectivity index (χ0) is 13.7. The fourth-order valence-electron chi connectivity index (χ4n) is 1.80. The highest BCUT2D eigenvalue weighted by Gasteiger charge is 2.03. The first-order chi connectivity index (χ1) is 9.15. The van der Waals surface area contributed by atoms with Crippen LogP contribution in [-0.2, 0) is 13.1 Å². The van der Waals surface area contributed by atoms with Crippen molar-refractivity contribution in [1.82, 2.24) is 9.99 Å². The van der Waals surface area contributed by atoms with E-state index in [1.807, 2.05) is 36.4 Å². The van der Waals surface area contributed by atoms with E-state index in [-0.39, 0.29) is 5.84 Å². The fourth-order valence-corrected chi connectivity index (χ4v) is 1.80. The molecular formula is C14H17N5. The van der Waals surface area contributed by atoms with Crippen LogP contribution in [0.2, 0.25) is 0 Å². The first-order valence-corrected chi connectivity index (χ1v) is 5.97. The largest absolute Gasteiger partial charge is 0.384 e. The monoisotopic (exact) mass is 255 g/mol. The number of amidine groups is 1. The molecular weight excluding hydrogens is 238 g/mol. The van der Waals surface area contributed by atoms with Crippen LogP contribution < -0.4 is 11.6 Å². The molecule has 5 nitrogen and oxygen atoms in total. The van der Waals surface area contributed by atoms with Crippen molar-refractivity contribution in [2.45, 2.75) is 13.1 Å². The molecule has 0 spiro atoms. The summed E-state index contributed by atoms with van der Waals surface area (Å²) in [5.74, 6) is 6.06. The van der Waals surface area contributed by atoms with Crippen molar-refractivity contribution < 1.29 is 0 Å². The molecule has 2 aromatic rings. The Balaban J connectivity index is 1.95. The zero-order valence-electron chi connectivity index (χ0n) is 10.6. The minimum absolute atomic E-state index is 0.0768. The van der Waals surface area contributed by atoms with Crippen LogP contribution in [0.3, 0.4) is 0 Å². The average Bonchev–Trinajstić information content (AvgIpc) is 2.40.